The number of nitrogens with zero attached hydrogens (tertiary/aromatic N) is 1. The number of carbonyl (C=O) groups is 2. The molecule has 9 heteroatoms. The van der Waals surface area contributed by atoms with E-state index in [1.807, 2.05) is 30.3 Å². The highest BCUT2D eigenvalue weighted by Gasteiger charge is 2.19. The number of fused-ring (bicyclic) bond motifs is 1. The molecule has 0 aliphatic carbocycles. The quantitative estimate of drug-likeness (QED) is 0.310. The van der Waals surface area contributed by atoms with Crippen molar-refractivity contribution in [1.82, 2.24) is 5.32 Å². The minimum absolute atomic E-state index is 0.0518. The van der Waals surface area contributed by atoms with Crippen LogP contribution in [0.4, 0.5) is 20.6 Å². The third kappa shape index (κ3) is 5.84. The topological polar surface area (TPSA) is 89.1 Å². The Kier molecular flexibility index (Phi) is 7.35. The standard InChI is InChI=1S/C29H24FN3O5/c30-24-8-4-5-9-25(24)32-29(35)33(21-11-13-23(14-12-21)38-22-6-2-1-3-7-22)17-16-31-28(34)20-10-15-26-27(18-20)37-19-36-26/h1-15,18H,16-17,19H2,(H,31,34)(H,32,35). The summed E-state index contributed by atoms with van der Waals surface area (Å²) in [5.41, 5.74) is 0.992. The van der Waals surface area contributed by atoms with Gasteiger partial charge in [0.2, 0.25) is 6.79 Å². The molecular formula is C29H24FN3O5. The van der Waals surface area contributed by atoms with Crippen LogP contribution in [0.2, 0.25) is 0 Å². The number of nitrogens with one attached hydrogen (secondary N) is 2. The first-order chi connectivity index (χ1) is 18.6. The predicted octanol–water partition coefficient (Wildman–Crippen LogP) is 5.82. The molecule has 0 spiro atoms. The average molecular weight is 514 g/mol. The molecule has 4 aromatic carbocycles. The summed E-state index contributed by atoms with van der Waals surface area (Å²) < 4.78 is 30.6. The highest BCUT2D eigenvalue weighted by atomic mass is 19.1. The fraction of sp³-hybridized carbons (Fsp3) is 0.103. The van der Waals surface area contributed by atoms with E-state index in [0.717, 1.165) is 0 Å². The van der Waals surface area contributed by atoms with Gasteiger partial charge in [-0.05, 0) is 66.7 Å². The Labute approximate surface area is 218 Å². The first-order valence-electron chi connectivity index (χ1n) is 11.9. The molecule has 2 N–H and O–H groups in total. The van der Waals surface area contributed by atoms with Gasteiger partial charge in [0.1, 0.15) is 17.3 Å². The number of amides is 3. The van der Waals surface area contributed by atoms with Crippen molar-refractivity contribution in [3.63, 3.8) is 0 Å². The molecule has 0 atom stereocenters. The summed E-state index contributed by atoms with van der Waals surface area (Å²) in [6.45, 7) is 0.372. The molecule has 4 aromatic rings. The molecule has 8 nitrogen and oxygen atoms in total. The Morgan fingerprint density at radius 2 is 1.55 bits per heavy atom. The summed E-state index contributed by atoms with van der Waals surface area (Å²) >= 11 is 0. The van der Waals surface area contributed by atoms with Crippen LogP contribution in [0.3, 0.4) is 0 Å². The minimum atomic E-state index is -0.552. The van der Waals surface area contributed by atoms with Gasteiger partial charge in [-0.25, -0.2) is 9.18 Å². The summed E-state index contributed by atoms with van der Waals surface area (Å²) in [6.07, 6.45) is 0. The van der Waals surface area contributed by atoms with Gasteiger partial charge in [0.25, 0.3) is 5.91 Å². The van der Waals surface area contributed by atoms with E-state index in [-0.39, 0.29) is 31.5 Å². The Morgan fingerprint density at radius 3 is 2.34 bits per heavy atom. The molecule has 3 amide bonds. The molecular weight excluding hydrogens is 489 g/mol. The van der Waals surface area contributed by atoms with E-state index in [4.69, 9.17) is 14.2 Å². The molecule has 0 aromatic heterocycles. The van der Waals surface area contributed by atoms with E-state index in [9.17, 15) is 14.0 Å². The highest BCUT2D eigenvalue weighted by Crippen LogP contribution is 2.32. The molecule has 0 saturated heterocycles. The molecule has 0 unspecified atom stereocenters. The monoisotopic (exact) mass is 513 g/mol. The first-order valence-corrected chi connectivity index (χ1v) is 11.9. The van der Waals surface area contributed by atoms with Crippen LogP contribution in [0.15, 0.2) is 97.1 Å². The average Bonchev–Trinajstić information content (AvgIpc) is 3.41. The van der Waals surface area contributed by atoms with Gasteiger partial charge >= 0.3 is 6.03 Å². The van der Waals surface area contributed by atoms with Crippen LogP contribution < -0.4 is 29.7 Å². The summed E-state index contributed by atoms with van der Waals surface area (Å²) in [5.74, 6) is 1.47. The van der Waals surface area contributed by atoms with Gasteiger partial charge in [-0.2, -0.15) is 0 Å². The lowest BCUT2D eigenvalue weighted by molar-refractivity contribution is 0.0954. The van der Waals surface area contributed by atoms with Gasteiger partial charge < -0.3 is 24.8 Å². The smallest absolute Gasteiger partial charge is 0.326 e. The molecule has 1 aliphatic heterocycles. The molecule has 5 rings (SSSR count). The lowest BCUT2D eigenvalue weighted by atomic mass is 10.2. The van der Waals surface area contributed by atoms with E-state index in [2.05, 4.69) is 10.6 Å². The van der Waals surface area contributed by atoms with Gasteiger partial charge in [0, 0.05) is 24.3 Å². The Morgan fingerprint density at radius 1 is 0.842 bits per heavy atom. The van der Waals surface area contributed by atoms with E-state index < -0.39 is 11.8 Å². The predicted molar refractivity (Wildman–Crippen MR) is 141 cm³/mol. The van der Waals surface area contributed by atoms with Gasteiger partial charge in [-0.3, -0.25) is 9.69 Å². The zero-order valence-electron chi connectivity index (χ0n) is 20.2. The van der Waals surface area contributed by atoms with Crippen LogP contribution >= 0.6 is 0 Å². The largest absolute Gasteiger partial charge is 0.457 e. The SMILES string of the molecule is O=C(NCCN(C(=O)Nc1ccccc1F)c1ccc(Oc2ccccc2)cc1)c1ccc2c(c1)OCO2. The van der Waals surface area contributed by atoms with Crippen molar-refractivity contribution in [3.8, 4) is 23.0 Å². The van der Waals surface area contributed by atoms with E-state index in [1.54, 1.807) is 54.6 Å². The van der Waals surface area contributed by atoms with Crippen molar-refractivity contribution in [1.29, 1.82) is 0 Å². The van der Waals surface area contributed by atoms with Crippen LogP contribution in [-0.2, 0) is 0 Å². The van der Waals surface area contributed by atoms with E-state index in [1.165, 1.54) is 17.0 Å². The fourth-order valence-corrected chi connectivity index (χ4v) is 3.83. The number of carbonyl (C=O) groups excluding carboxylic acids is 2. The van der Waals surface area contributed by atoms with Crippen LogP contribution in [0.1, 0.15) is 10.4 Å². The Bertz CT molecular complexity index is 1430. The van der Waals surface area contributed by atoms with Crippen LogP contribution in [-0.4, -0.2) is 31.8 Å². The fourth-order valence-electron chi connectivity index (χ4n) is 3.83. The van der Waals surface area contributed by atoms with Gasteiger partial charge in [0.05, 0.1) is 5.69 Å². The van der Waals surface area contributed by atoms with Crippen molar-refractivity contribution in [2.24, 2.45) is 0 Å². The van der Waals surface area contributed by atoms with Gasteiger partial charge in [-0.1, -0.05) is 30.3 Å². The number of anilines is 2. The number of hydrogen-bond donors (Lipinski definition) is 2. The lowest BCUT2D eigenvalue weighted by Gasteiger charge is -2.24. The number of halogens is 1. The number of hydrogen-bond acceptors (Lipinski definition) is 5. The van der Waals surface area contributed by atoms with Crippen LogP contribution in [0.25, 0.3) is 0 Å². The molecule has 38 heavy (non-hydrogen) atoms. The Hall–Kier alpha value is -5.05. The third-order valence-corrected chi connectivity index (χ3v) is 5.74. The summed E-state index contributed by atoms with van der Waals surface area (Å²) in [6, 6.07) is 26.5. The number of ether oxygens (including phenoxy) is 3. The lowest BCUT2D eigenvalue weighted by Crippen LogP contribution is -2.41. The molecule has 0 radical (unpaired) electrons. The van der Waals surface area contributed by atoms with Crippen molar-refractivity contribution >= 4 is 23.3 Å². The molecule has 0 bridgehead atoms. The molecule has 0 saturated carbocycles. The van der Waals surface area contributed by atoms with Crippen LogP contribution in [0.5, 0.6) is 23.0 Å². The van der Waals surface area contributed by atoms with Crippen LogP contribution in [0, 0.1) is 5.82 Å². The minimum Gasteiger partial charge on any atom is -0.457 e. The summed E-state index contributed by atoms with van der Waals surface area (Å²) in [4.78, 5) is 27.3. The summed E-state index contributed by atoms with van der Waals surface area (Å²) in [5, 5.41) is 5.41. The number of benzene rings is 4. The number of urea groups is 1. The molecule has 192 valence electrons. The second-order valence-electron chi connectivity index (χ2n) is 8.29. The third-order valence-electron chi connectivity index (χ3n) is 5.74. The second kappa shape index (κ2) is 11.3. The Balaban J connectivity index is 1.29. The van der Waals surface area contributed by atoms with Gasteiger partial charge in [-0.15, -0.1) is 0 Å². The van der Waals surface area contributed by atoms with Crippen molar-refractivity contribution < 1.29 is 28.2 Å². The molecule has 1 heterocycles. The zero-order chi connectivity index (χ0) is 26.3. The van der Waals surface area contributed by atoms with Gasteiger partial charge in [0.15, 0.2) is 11.5 Å². The van der Waals surface area contributed by atoms with Crippen molar-refractivity contribution in [3.05, 3.63) is 108 Å². The maximum atomic E-state index is 14.2. The normalized spacial score (nSPS) is 11.5. The highest BCUT2D eigenvalue weighted by molar-refractivity contribution is 6.02. The molecule has 0 fully saturated rings. The summed E-state index contributed by atoms with van der Waals surface area (Å²) in [7, 11) is 0. The zero-order valence-corrected chi connectivity index (χ0v) is 20.2. The maximum absolute atomic E-state index is 14.2. The maximum Gasteiger partial charge on any atom is 0.326 e. The van der Waals surface area contributed by atoms with Crippen molar-refractivity contribution in [2.45, 2.75) is 0 Å². The van der Waals surface area contributed by atoms with Crippen molar-refractivity contribution in [2.75, 3.05) is 30.1 Å². The van der Waals surface area contributed by atoms with E-state index in [0.29, 0.717) is 34.2 Å². The number of para-hydroxylation sites is 2. The number of rotatable bonds is 8. The van der Waals surface area contributed by atoms with E-state index >= 15 is 0 Å². The first kappa shape index (κ1) is 24.6. The molecule has 1 aliphatic rings. The second-order valence-corrected chi connectivity index (χ2v) is 8.29.